The highest BCUT2D eigenvalue weighted by Crippen LogP contribution is 2.21. The zero-order valence-electron chi connectivity index (χ0n) is 46.3. The van der Waals surface area contributed by atoms with E-state index in [1.807, 2.05) is 13.8 Å². The topological polar surface area (TPSA) is 365 Å². The Kier molecular flexibility index (Phi) is 26.0. The maximum absolute atomic E-state index is 14.3. The van der Waals surface area contributed by atoms with Crippen molar-refractivity contribution in [3.05, 3.63) is 59.7 Å². The Morgan fingerprint density at radius 2 is 1.01 bits per heavy atom. The number of benzene rings is 2. The van der Waals surface area contributed by atoms with E-state index >= 15 is 0 Å². The number of phenols is 2. The Labute approximate surface area is 456 Å². The standard InChI is InChI=1S/C55H83N9O14/c1-10-32(8)46(63-51(73)41(25-30(4)5)59-47(69)38(56)27-34-13-17-36(65)18-14-34)53(75)61-40(24-29(2)3)50(72)58-39(21-22-45(67)68)48(70)60-42(28-35-15-19-37(66)20-16-35)49(71)57-33(9)54(76)64-23-11-12-44(64)52(74)62-43(55(77)78)26-31(6)7/h13-20,29-33,38-44,46,65-66H,10-12,21-28,56H2,1-9H3,(H,57,71)(H,58,72)(H,59,69)(H,60,70)(H,61,75)(H,62,74)(H,63,73)(H,67,68)(H,77,78)/t32-,33-,38-,39-,40-,41-,42-,43-,44-,46-/m0/s1. The first-order valence-corrected chi connectivity index (χ1v) is 26.8. The molecule has 1 heterocycles. The molecule has 78 heavy (non-hydrogen) atoms. The Bertz CT molecular complexity index is 2380. The van der Waals surface area contributed by atoms with Crippen LogP contribution >= 0.6 is 0 Å². The molecule has 0 bridgehead atoms. The highest BCUT2D eigenvalue weighted by molar-refractivity contribution is 5.98. The van der Waals surface area contributed by atoms with Gasteiger partial charge in [-0.15, -0.1) is 0 Å². The molecule has 2 aromatic carbocycles. The molecule has 1 saturated heterocycles. The minimum Gasteiger partial charge on any atom is -0.508 e. The molecule has 8 amide bonds. The van der Waals surface area contributed by atoms with E-state index in [9.17, 15) is 68.4 Å². The normalized spacial score (nSPS) is 16.8. The largest absolute Gasteiger partial charge is 0.508 e. The van der Waals surface area contributed by atoms with Gasteiger partial charge in [-0.1, -0.05) is 86.1 Å². The van der Waals surface area contributed by atoms with Crippen LogP contribution in [0.15, 0.2) is 48.5 Å². The molecule has 0 saturated carbocycles. The van der Waals surface area contributed by atoms with E-state index in [0.29, 0.717) is 24.0 Å². The number of carbonyl (C=O) groups is 10. The number of amides is 8. The van der Waals surface area contributed by atoms with Crippen LogP contribution in [0, 0.1) is 23.7 Å². The maximum Gasteiger partial charge on any atom is 0.326 e. The fourth-order valence-corrected chi connectivity index (χ4v) is 8.93. The van der Waals surface area contributed by atoms with E-state index in [2.05, 4.69) is 37.2 Å². The average molecular weight is 1090 g/mol. The third-order valence-corrected chi connectivity index (χ3v) is 13.4. The molecular weight excluding hydrogens is 1010 g/mol. The number of likely N-dealkylation sites (tertiary alicyclic amines) is 1. The van der Waals surface area contributed by atoms with Crippen molar-refractivity contribution >= 4 is 59.2 Å². The zero-order chi connectivity index (χ0) is 58.6. The lowest BCUT2D eigenvalue weighted by atomic mass is 9.95. The zero-order valence-corrected chi connectivity index (χ0v) is 46.3. The Morgan fingerprint density at radius 1 is 0.564 bits per heavy atom. The number of rotatable bonds is 31. The van der Waals surface area contributed by atoms with Crippen molar-refractivity contribution < 1.29 is 68.4 Å². The van der Waals surface area contributed by atoms with E-state index in [0.717, 1.165) is 0 Å². The number of nitrogens with one attached hydrogen (secondary N) is 7. The highest BCUT2D eigenvalue weighted by atomic mass is 16.4. The molecule has 23 nitrogen and oxygen atoms in total. The number of aliphatic carboxylic acids is 2. The smallest absolute Gasteiger partial charge is 0.326 e. The minimum absolute atomic E-state index is 0.0202. The van der Waals surface area contributed by atoms with Gasteiger partial charge in [-0.05, 0) is 111 Å². The Balaban J connectivity index is 1.86. The van der Waals surface area contributed by atoms with Crippen molar-refractivity contribution in [2.45, 2.75) is 181 Å². The number of nitrogens with two attached hydrogens (primary N) is 1. The van der Waals surface area contributed by atoms with Gasteiger partial charge in [0.05, 0.1) is 6.04 Å². The maximum atomic E-state index is 14.3. The quantitative estimate of drug-likeness (QED) is 0.0512. The van der Waals surface area contributed by atoms with Gasteiger partial charge in [0, 0.05) is 19.4 Å². The van der Waals surface area contributed by atoms with Crippen LogP contribution in [0.3, 0.4) is 0 Å². The number of hydrogen-bond donors (Lipinski definition) is 12. The summed E-state index contributed by atoms with van der Waals surface area (Å²) in [6.07, 6.45) is 0.222. The predicted molar refractivity (Wildman–Crippen MR) is 288 cm³/mol. The van der Waals surface area contributed by atoms with Crippen molar-refractivity contribution in [2.24, 2.45) is 29.4 Å². The van der Waals surface area contributed by atoms with Crippen molar-refractivity contribution in [3.8, 4) is 11.5 Å². The summed E-state index contributed by atoms with van der Waals surface area (Å²) in [5, 5.41) is 57.5. The van der Waals surface area contributed by atoms with Gasteiger partial charge in [-0.25, -0.2) is 4.79 Å². The van der Waals surface area contributed by atoms with Crippen molar-refractivity contribution in [1.29, 1.82) is 0 Å². The van der Waals surface area contributed by atoms with Crippen molar-refractivity contribution in [2.75, 3.05) is 6.54 Å². The second kappa shape index (κ2) is 31.2. The third kappa shape index (κ3) is 21.3. The molecule has 1 fully saturated rings. The number of carbonyl (C=O) groups excluding carboxylic acids is 8. The summed E-state index contributed by atoms with van der Waals surface area (Å²) in [4.78, 5) is 137. The number of carboxylic acids is 2. The molecule has 1 aliphatic heterocycles. The van der Waals surface area contributed by atoms with E-state index in [-0.39, 0.29) is 74.3 Å². The number of carboxylic acid groups (broad SMARTS) is 2. The molecule has 13 N–H and O–H groups in total. The average Bonchev–Trinajstić information content (AvgIpc) is 3.87. The first-order valence-electron chi connectivity index (χ1n) is 26.8. The molecule has 10 atom stereocenters. The molecule has 0 aromatic heterocycles. The SMILES string of the molecule is CC[C@H](C)[C@H](NC(=O)[C@H](CC(C)C)NC(=O)[C@@H](N)Cc1ccc(O)cc1)C(=O)N[C@@H](CC(C)C)C(=O)N[C@@H](CCC(=O)O)C(=O)N[C@@H](Cc1ccc(O)cc1)C(=O)N[C@@H](C)C(=O)N1CCC[C@H]1C(=O)N[C@@H](CC(C)C)C(=O)O. The summed E-state index contributed by atoms with van der Waals surface area (Å²) >= 11 is 0. The Hall–Kier alpha value is -7.30. The third-order valence-electron chi connectivity index (χ3n) is 13.4. The van der Waals surface area contributed by atoms with Crippen molar-refractivity contribution in [3.63, 3.8) is 0 Å². The Morgan fingerprint density at radius 3 is 1.51 bits per heavy atom. The highest BCUT2D eigenvalue weighted by Gasteiger charge is 2.40. The monoisotopic (exact) mass is 1090 g/mol. The second-order valence-corrected chi connectivity index (χ2v) is 21.6. The van der Waals surface area contributed by atoms with Crippen LogP contribution in [0.2, 0.25) is 0 Å². The van der Waals surface area contributed by atoms with Gasteiger partial charge in [-0.3, -0.25) is 43.2 Å². The van der Waals surface area contributed by atoms with Gasteiger partial charge < -0.3 is 68.3 Å². The van der Waals surface area contributed by atoms with Gasteiger partial charge in [0.15, 0.2) is 0 Å². The first-order chi connectivity index (χ1) is 36.6. The molecule has 1 aliphatic rings. The molecule has 0 unspecified atom stereocenters. The molecular formula is C55H83N9O14. The summed E-state index contributed by atoms with van der Waals surface area (Å²) in [7, 11) is 0. The van der Waals surface area contributed by atoms with Crippen LogP contribution in [0.5, 0.6) is 11.5 Å². The lowest BCUT2D eigenvalue weighted by Crippen LogP contribution is -2.61. The first kappa shape index (κ1) is 65.0. The van der Waals surface area contributed by atoms with Crippen LogP contribution in [-0.2, 0) is 60.8 Å². The lowest BCUT2D eigenvalue weighted by Gasteiger charge is -2.30. The van der Waals surface area contributed by atoms with Crippen molar-refractivity contribution in [1.82, 2.24) is 42.1 Å². The number of phenolic OH excluding ortho intramolecular Hbond substituents is 2. The summed E-state index contributed by atoms with van der Waals surface area (Å²) in [6.45, 7) is 15.9. The predicted octanol–water partition coefficient (Wildman–Crippen LogP) is 1.75. The molecule has 0 radical (unpaired) electrons. The van der Waals surface area contributed by atoms with Crippen LogP contribution in [0.1, 0.15) is 125 Å². The van der Waals surface area contributed by atoms with Gasteiger partial charge >= 0.3 is 11.9 Å². The second-order valence-electron chi connectivity index (χ2n) is 21.6. The summed E-state index contributed by atoms with van der Waals surface area (Å²) < 4.78 is 0. The number of nitrogens with zero attached hydrogens (tertiary/aromatic N) is 1. The van der Waals surface area contributed by atoms with Crippen LogP contribution in [-0.4, -0.2) is 145 Å². The van der Waals surface area contributed by atoms with Gasteiger partial charge in [-0.2, -0.15) is 0 Å². The van der Waals surface area contributed by atoms with Crippen LogP contribution in [0.4, 0.5) is 0 Å². The van der Waals surface area contributed by atoms with Crippen LogP contribution < -0.4 is 43.0 Å². The number of hydrogen-bond acceptors (Lipinski definition) is 13. The fraction of sp³-hybridized carbons (Fsp3) is 0.600. The van der Waals surface area contributed by atoms with Gasteiger partial charge in [0.25, 0.3) is 0 Å². The lowest BCUT2D eigenvalue weighted by molar-refractivity contribution is -0.145. The number of aromatic hydroxyl groups is 2. The van der Waals surface area contributed by atoms with E-state index in [1.165, 1.54) is 48.2 Å². The fourth-order valence-electron chi connectivity index (χ4n) is 8.93. The summed E-state index contributed by atoms with van der Waals surface area (Å²) in [6, 6.07) is 0.551. The van der Waals surface area contributed by atoms with E-state index in [1.54, 1.807) is 53.7 Å². The molecule has 23 heteroatoms. The van der Waals surface area contributed by atoms with E-state index in [4.69, 9.17) is 5.73 Å². The van der Waals surface area contributed by atoms with Crippen LogP contribution in [0.25, 0.3) is 0 Å². The summed E-state index contributed by atoms with van der Waals surface area (Å²) in [5.41, 5.74) is 7.35. The van der Waals surface area contributed by atoms with Gasteiger partial charge in [0.2, 0.25) is 47.3 Å². The molecule has 0 spiro atoms. The minimum atomic E-state index is -1.60. The van der Waals surface area contributed by atoms with E-state index < -0.39 is 132 Å². The van der Waals surface area contributed by atoms with Gasteiger partial charge in [0.1, 0.15) is 59.8 Å². The molecule has 0 aliphatic carbocycles. The summed E-state index contributed by atoms with van der Waals surface area (Å²) in [5.74, 6) is -9.59. The molecule has 432 valence electrons. The molecule has 3 rings (SSSR count). The molecule has 2 aromatic rings.